The molecule has 4 rings (SSSR count). The highest BCUT2D eigenvalue weighted by Gasteiger charge is 2.50. The van der Waals surface area contributed by atoms with E-state index >= 15 is 0 Å². The number of amides is 1. The molecule has 0 radical (unpaired) electrons. The van der Waals surface area contributed by atoms with Crippen molar-refractivity contribution in [1.29, 1.82) is 0 Å². The summed E-state index contributed by atoms with van der Waals surface area (Å²) in [6.07, 6.45) is 2.44. The van der Waals surface area contributed by atoms with Crippen LogP contribution in [0.4, 0.5) is 8.78 Å². The molecular weight excluding hydrogens is 562 g/mol. The van der Waals surface area contributed by atoms with E-state index in [4.69, 9.17) is 18.9 Å². The van der Waals surface area contributed by atoms with E-state index in [1.165, 1.54) is 6.07 Å². The van der Waals surface area contributed by atoms with Gasteiger partial charge in [0, 0.05) is 40.0 Å². The van der Waals surface area contributed by atoms with Crippen molar-refractivity contribution < 1.29 is 42.7 Å². The maximum atomic E-state index is 14.5. The van der Waals surface area contributed by atoms with E-state index in [9.17, 15) is 23.8 Å². The highest BCUT2D eigenvalue weighted by molar-refractivity contribution is 5.81. The third-order valence-electron chi connectivity index (χ3n) is 8.05. The first-order chi connectivity index (χ1) is 20.8. The van der Waals surface area contributed by atoms with Crippen LogP contribution < -0.4 is 10.1 Å². The van der Waals surface area contributed by atoms with Crippen LogP contribution in [-0.4, -0.2) is 93.5 Å². The van der Waals surface area contributed by atoms with Crippen LogP contribution in [0, 0.1) is 17.6 Å². The van der Waals surface area contributed by atoms with Crippen LogP contribution in [0.3, 0.4) is 0 Å². The Morgan fingerprint density at radius 3 is 2.53 bits per heavy atom. The number of carbonyl (C=O) groups excluding carboxylic acids is 1. The summed E-state index contributed by atoms with van der Waals surface area (Å²) in [5, 5.41) is 22.8. The minimum absolute atomic E-state index is 0.0371. The Hall–Kier alpha value is -2.67. The van der Waals surface area contributed by atoms with Gasteiger partial charge in [-0.05, 0) is 79.6 Å². The molecule has 2 aromatic carbocycles. The van der Waals surface area contributed by atoms with Crippen LogP contribution in [-0.2, 0) is 37.6 Å². The van der Waals surface area contributed by atoms with Crippen molar-refractivity contribution in [3.63, 3.8) is 0 Å². The predicted molar refractivity (Wildman–Crippen MR) is 156 cm³/mol. The normalized spacial score (nSPS) is 21.0. The van der Waals surface area contributed by atoms with Gasteiger partial charge in [-0.15, -0.1) is 0 Å². The van der Waals surface area contributed by atoms with Crippen molar-refractivity contribution >= 4 is 5.91 Å². The molecule has 0 bridgehead atoms. The van der Waals surface area contributed by atoms with E-state index in [-0.39, 0.29) is 31.5 Å². The van der Waals surface area contributed by atoms with Gasteiger partial charge < -0.3 is 39.4 Å². The van der Waals surface area contributed by atoms with Crippen LogP contribution >= 0.6 is 0 Å². The van der Waals surface area contributed by atoms with Crippen molar-refractivity contribution in [2.75, 3.05) is 60.3 Å². The number of benzene rings is 2. The van der Waals surface area contributed by atoms with Gasteiger partial charge in [-0.25, -0.2) is 8.78 Å². The molecule has 1 amide bonds. The number of piperidine rings is 1. The van der Waals surface area contributed by atoms with Gasteiger partial charge in [0.05, 0.1) is 25.7 Å². The van der Waals surface area contributed by atoms with Crippen LogP contribution in [0.5, 0.6) is 5.75 Å². The molecule has 3 N–H and O–H groups in total. The number of nitrogens with one attached hydrogen (secondary N) is 1. The number of halogens is 2. The summed E-state index contributed by atoms with van der Waals surface area (Å²) in [4.78, 5) is 16.3. The highest BCUT2D eigenvalue weighted by atomic mass is 19.2. The maximum absolute atomic E-state index is 14.5. The second kappa shape index (κ2) is 15.9. The Balaban J connectivity index is 1.66. The quantitative estimate of drug-likeness (QED) is 0.236. The first kappa shape index (κ1) is 33.2. The fourth-order valence-electron chi connectivity index (χ4n) is 5.69. The molecule has 2 aliphatic rings. The van der Waals surface area contributed by atoms with E-state index in [0.717, 1.165) is 48.9 Å². The van der Waals surface area contributed by atoms with Gasteiger partial charge in [0.1, 0.15) is 24.1 Å². The molecule has 3 atom stereocenters. The molecule has 0 spiro atoms. The number of methoxy groups -OCH3 is 2. The molecular formula is C32H44F2N2O7. The largest absolute Gasteiger partial charge is 0.491 e. The van der Waals surface area contributed by atoms with Gasteiger partial charge in [-0.2, -0.15) is 0 Å². The third-order valence-corrected chi connectivity index (χ3v) is 8.05. The van der Waals surface area contributed by atoms with Gasteiger partial charge in [0.15, 0.2) is 11.6 Å². The van der Waals surface area contributed by atoms with Crippen LogP contribution in [0.25, 0.3) is 0 Å². The molecule has 43 heavy (non-hydrogen) atoms. The average molecular weight is 607 g/mol. The molecule has 1 aliphatic carbocycles. The van der Waals surface area contributed by atoms with E-state index in [1.54, 1.807) is 14.2 Å². The lowest BCUT2D eigenvalue weighted by atomic mass is 9.75. The summed E-state index contributed by atoms with van der Waals surface area (Å²) in [6.45, 7) is 1.72. The number of aryl methyl sites for hydroxylation is 1. The number of aliphatic hydroxyl groups is 2. The SMILES string of the molecule is COCCCc1cc(CN(C(=O)[C@H]2CNCC[C@]2(OCC(O)CO)c2ccc(F)c(F)c2)C2CC2)cc(OCCOC)c1. The Morgan fingerprint density at radius 2 is 1.84 bits per heavy atom. The van der Waals surface area contributed by atoms with E-state index in [0.29, 0.717) is 44.2 Å². The molecule has 2 aromatic rings. The van der Waals surface area contributed by atoms with Crippen LogP contribution in [0.2, 0.25) is 0 Å². The van der Waals surface area contributed by atoms with E-state index in [1.807, 2.05) is 17.0 Å². The van der Waals surface area contributed by atoms with Crippen molar-refractivity contribution in [1.82, 2.24) is 10.2 Å². The summed E-state index contributed by atoms with van der Waals surface area (Å²) in [5.41, 5.74) is 0.973. The molecule has 1 aliphatic heterocycles. The van der Waals surface area contributed by atoms with Gasteiger partial charge in [-0.3, -0.25) is 4.79 Å². The van der Waals surface area contributed by atoms with Gasteiger partial charge >= 0.3 is 0 Å². The lowest BCUT2D eigenvalue weighted by molar-refractivity contribution is -0.167. The fraction of sp³-hybridized carbons (Fsp3) is 0.594. The molecule has 11 heteroatoms. The second-order valence-corrected chi connectivity index (χ2v) is 11.3. The molecule has 9 nitrogen and oxygen atoms in total. The number of nitrogens with zero attached hydrogens (tertiary/aromatic N) is 1. The highest BCUT2D eigenvalue weighted by Crippen LogP contribution is 2.43. The lowest BCUT2D eigenvalue weighted by Gasteiger charge is -2.45. The summed E-state index contributed by atoms with van der Waals surface area (Å²) < 4.78 is 51.0. The topological polar surface area (TPSA) is 110 Å². The molecule has 1 saturated carbocycles. The molecule has 1 heterocycles. The zero-order valence-corrected chi connectivity index (χ0v) is 25.0. The summed E-state index contributed by atoms with van der Waals surface area (Å²) in [5.74, 6) is -2.32. The summed E-state index contributed by atoms with van der Waals surface area (Å²) >= 11 is 0. The first-order valence-electron chi connectivity index (χ1n) is 14.9. The Morgan fingerprint density at radius 1 is 1.07 bits per heavy atom. The molecule has 238 valence electrons. The van der Waals surface area contributed by atoms with Gasteiger partial charge in [-0.1, -0.05) is 12.1 Å². The number of hydrogen-bond acceptors (Lipinski definition) is 8. The summed E-state index contributed by atoms with van der Waals surface area (Å²) in [7, 11) is 3.29. The third kappa shape index (κ3) is 8.71. The fourth-order valence-corrected chi connectivity index (χ4v) is 5.69. The van der Waals surface area contributed by atoms with Crippen LogP contribution in [0.15, 0.2) is 36.4 Å². The number of hydrogen-bond donors (Lipinski definition) is 3. The van der Waals surface area contributed by atoms with Gasteiger partial charge in [0.25, 0.3) is 0 Å². The lowest BCUT2D eigenvalue weighted by Crippen LogP contribution is -2.57. The first-order valence-corrected chi connectivity index (χ1v) is 14.9. The second-order valence-electron chi connectivity index (χ2n) is 11.3. The average Bonchev–Trinajstić information content (AvgIpc) is 3.85. The van der Waals surface area contributed by atoms with Crippen molar-refractivity contribution in [3.05, 3.63) is 64.7 Å². The monoisotopic (exact) mass is 606 g/mol. The molecule has 0 aromatic heterocycles. The molecule has 1 saturated heterocycles. The number of rotatable bonds is 17. The zero-order chi connectivity index (χ0) is 30.8. The minimum Gasteiger partial charge on any atom is -0.491 e. The van der Waals surface area contributed by atoms with Crippen molar-refractivity contribution in [2.24, 2.45) is 5.92 Å². The Bertz CT molecular complexity index is 1170. The standard InChI is InChI=1S/C32H44F2N2O7/c1-40-11-3-4-22-14-23(16-27(15-22)42-13-12-41-2)19-36(25-6-7-25)31(39)28-18-35-10-9-32(28,43-21-26(38)20-37)24-5-8-29(33)30(34)17-24/h5,8,14-17,25-26,28,35,37-38H,3-4,6-7,9-13,18-21H2,1-2H3/t26?,28-,32+/m1/s1. The van der Waals surface area contributed by atoms with E-state index < -0.39 is 35.9 Å². The molecule has 2 fully saturated rings. The Labute approximate surface area is 252 Å². The van der Waals surface area contributed by atoms with Crippen molar-refractivity contribution in [2.45, 2.75) is 56.4 Å². The summed E-state index contributed by atoms with van der Waals surface area (Å²) in [6, 6.07) is 9.59. The smallest absolute Gasteiger partial charge is 0.230 e. The Kier molecular flexibility index (Phi) is 12.3. The van der Waals surface area contributed by atoms with E-state index in [2.05, 4.69) is 11.4 Å². The minimum atomic E-state index is -1.34. The number of carbonyl (C=O) groups is 1. The number of aliphatic hydroxyl groups excluding tert-OH is 2. The number of ether oxygens (including phenoxy) is 4. The van der Waals surface area contributed by atoms with Crippen LogP contribution in [0.1, 0.15) is 42.4 Å². The predicted octanol–water partition coefficient (Wildman–Crippen LogP) is 2.93. The zero-order valence-electron chi connectivity index (χ0n) is 25.0. The molecule has 1 unspecified atom stereocenters. The van der Waals surface area contributed by atoms with Gasteiger partial charge in [0.2, 0.25) is 5.91 Å². The maximum Gasteiger partial charge on any atom is 0.230 e. The van der Waals surface area contributed by atoms with Crippen molar-refractivity contribution in [3.8, 4) is 5.75 Å².